The van der Waals surface area contributed by atoms with E-state index < -0.39 is 0 Å². The van der Waals surface area contributed by atoms with Crippen molar-refractivity contribution < 1.29 is 4.79 Å². The molecular formula is C18H23ClN2OS. The molecule has 1 amide bonds. The van der Waals surface area contributed by atoms with Crippen LogP contribution in [-0.2, 0) is 10.5 Å². The summed E-state index contributed by atoms with van der Waals surface area (Å²) in [5.74, 6) is 0.617. The highest BCUT2D eigenvalue weighted by Crippen LogP contribution is 2.21. The number of nitrogens with two attached hydrogens (primary N) is 1. The molecule has 0 aliphatic rings. The Kier molecular flexibility index (Phi) is 8.17. The Morgan fingerprint density at radius 1 is 1.13 bits per heavy atom. The molecule has 0 aliphatic carbocycles. The zero-order valence-corrected chi connectivity index (χ0v) is 15.0. The summed E-state index contributed by atoms with van der Waals surface area (Å²) in [5.41, 5.74) is 9.22. The second-order valence-corrected chi connectivity index (χ2v) is 6.21. The van der Waals surface area contributed by atoms with Gasteiger partial charge in [0.2, 0.25) is 5.91 Å². The number of benzene rings is 2. The fourth-order valence-electron chi connectivity index (χ4n) is 2.23. The minimum Gasteiger partial charge on any atom is -0.326 e. The average molecular weight is 351 g/mol. The molecule has 5 heteroatoms. The number of halogens is 1. The van der Waals surface area contributed by atoms with Gasteiger partial charge in [0.25, 0.3) is 0 Å². The number of anilines is 1. The zero-order valence-electron chi connectivity index (χ0n) is 13.4. The third-order valence-electron chi connectivity index (χ3n) is 3.67. The largest absolute Gasteiger partial charge is 0.326 e. The Balaban J connectivity index is 0.00000264. The number of carbonyl (C=O) groups is 1. The van der Waals surface area contributed by atoms with Gasteiger partial charge in [-0.3, -0.25) is 4.79 Å². The van der Waals surface area contributed by atoms with Crippen molar-refractivity contribution in [2.45, 2.75) is 18.7 Å². The van der Waals surface area contributed by atoms with Crippen molar-refractivity contribution in [3.05, 3.63) is 65.7 Å². The van der Waals surface area contributed by atoms with Crippen LogP contribution in [0.3, 0.4) is 0 Å². The molecule has 3 N–H and O–H groups in total. The number of nitrogens with one attached hydrogen (secondary N) is 1. The molecule has 0 spiro atoms. The first-order valence-corrected chi connectivity index (χ1v) is 8.70. The van der Waals surface area contributed by atoms with E-state index in [1.807, 2.05) is 61.5 Å². The van der Waals surface area contributed by atoms with E-state index in [1.165, 1.54) is 5.56 Å². The Morgan fingerprint density at radius 3 is 2.30 bits per heavy atom. The summed E-state index contributed by atoms with van der Waals surface area (Å²) in [4.78, 5) is 12.3. The smallest absolute Gasteiger partial charge is 0.229 e. The third-order valence-corrected chi connectivity index (χ3v) is 4.29. The molecule has 0 saturated carbocycles. The molecule has 0 saturated heterocycles. The number of hydrogen-bond acceptors (Lipinski definition) is 3. The Bertz CT molecular complexity index is 604. The highest BCUT2D eigenvalue weighted by atomic mass is 35.5. The fourth-order valence-corrected chi connectivity index (χ4v) is 2.76. The molecule has 2 rings (SSSR count). The lowest BCUT2D eigenvalue weighted by atomic mass is 9.94. The van der Waals surface area contributed by atoms with Gasteiger partial charge >= 0.3 is 0 Å². The van der Waals surface area contributed by atoms with Crippen LogP contribution in [0.25, 0.3) is 0 Å². The van der Waals surface area contributed by atoms with E-state index in [-0.39, 0.29) is 30.3 Å². The van der Waals surface area contributed by atoms with Gasteiger partial charge in [-0.05, 0) is 29.5 Å². The molecule has 2 atom stereocenters. The molecule has 0 radical (unpaired) electrons. The standard InChI is InChI=1S/C18H22N2OS.ClH/c1-13(17(19)15-6-4-3-5-7-15)18(21)20-16-10-8-14(9-11-16)12-22-2;/h3-11,13,17H,12,19H2,1-2H3,(H,20,21);1H. The first kappa shape index (κ1) is 19.6. The SMILES string of the molecule is CSCc1ccc(NC(=O)C(C)C(N)c2ccccc2)cc1.Cl. The van der Waals surface area contributed by atoms with Gasteiger partial charge in [-0.1, -0.05) is 49.4 Å². The van der Waals surface area contributed by atoms with Crippen LogP contribution >= 0.6 is 24.2 Å². The highest BCUT2D eigenvalue weighted by Gasteiger charge is 2.22. The normalized spacial score (nSPS) is 12.8. The maximum Gasteiger partial charge on any atom is 0.229 e. The van der Waals surface area contributed by atoms with Crippen LogP contribution in [0.4, 0.5) is 5.69 Å². The van der Waals surface area contributed by atoms with E-state index >= 15 is 0 Å². The van der Waals surface area contributed by atoms with Gasteiger partial charge < -0.3 is 11.1 Å². The number of thioether (sulfide) groups is 1. The van der Waals surface area contributed by atoms with Crippen LogP contribution < -0.4 is 11.1 Å². The Hall–Kier alpha value is -1.49. The second-order valence-electron chi connectivity index (χ2n) is 5.34. The van der Waals surface area contributed by atoms with E-state index in [0.29, 0.717) is 0 Å². The first-order chi connectivity index (χ1) is 10.6. The van der Waals surface area contributed by atoms with Gasteiger partial charge in [0.05, 0.1) is 5.92 Å². The van der Waals surface area contributed by atoms with Crippen molar-refractivity contribution in [2.24, 2.45) is 11.7 Å². The average Bonchev–Trinajstić information content (AvgIpc) is 2.56. The molecule has 2 aromatic rings. The molecular weight excluding hydrogens is 328 g/mol. The summed E-state index contributed by atoms with van der Waals surface area (Å²) in [5, 5.41) is 2.94. The van der Waals surface area contributed by atoms with Crippen LogP contribution in [0.15, 0.2) is 54.6 Å². The number of carbonyl (C=O) groups excluding carboxylic acids is 1. The minimum absolute atomic E-state index is 0. The zero-order chi connectivity index (χ0) is 15.9. The predicted molar refractivity (Wildman–Crippen MR) is 102 cm³/mol. The Morgan fingerprint density at radius 2 is 1.74 bits per heavy atom. The summed E-state index contributed by atoms with van der Waals surface area (Å²) in [6.45, 7) is 1.86. The van der Waals surface area contributed by atoms with Gasteiger partial charge in [0, 0.05) is 17.5 Å². The van der Waals surface area contributed by atoms with E-state index in [4.69, 9.17) is 5.73 Å². The summed E-state index contributed by atoms with van der Waals surface area (Å²) in [6, 6.07) is 17.3. The first-order valence-electron chi connectivity index (χ1n) is 7.31. The number of amides is 1. The van der Waals surface area contributed by atoms with Gasteiger partial charge in [0.1, 0.15) is 0 Å². The highest BCUT2D eigenvalue weighted by molar-refractivity contribution is 7.97. The van der Waals surface area contributed by atoms with Crippen molar-refractivity contribution in [3.8, 4) is 0 Å². The Labute approximate surface area is 148 Å². The van der Waals surface area contributed by atoms with Crippen molar-refractivity contribution in [2.75, 3.05) is 11.6 Å². The van der Waals surface area contributed by atoms with Crippen molar-refractivity contribution in [1.29, 1.82) is 0 Å². The molecule has 3 nitrogen and oxygen atoms in total. The van der Waals surface area contributed by atoms with E-state index in [9.17, 15) is 4.79 Å². The summed E-state index contributed by atoms with van der Waals surface area (Å²) in [7, 11) is 0. The minimum atomic E-state index is -0.308. The molecule has 2 aromatic carbocycles. The maximum absolute atomic E-state index is 12.3. The maximum atomic E-state index is 12.3. The molecule has 2 unspecified atom stereocenters. The van der Waals surface area contributed by atoms with Crippen LogP contribution in [-0.4, -0.2) is 12.2 Å². The van der Waals surface area contributed by atoms with E-state index in [1.54, 1.807) is 11.8 Å². The molecule has 0 aromatic heterocycles. The monoisotopic (exact) mass is 350 g/mol. The summed E-state index contributed by atoms with van der Waals surface area (Å²) >= 11 is 1.78. The van der Waals surface area contributed by atoms with Crippen molar-refractivity contribution in [1.82, 2.24) is 0 Å². The number of hydrogen-bond donors (Lipinski definition) is 2. The molecule has 0 bridgehead atoms. The van der Waals surface area contributed by atoms with Crippen molar-refractivity contribution in [3.63, 3.8) is 0 Å². The quantitative estimate of drug-likeness (QED) is 0.819. The van der Waals surface area contributed by atoms with Gasteiger partial charge in [-0.15, -0.1) is 12.4 Å². The predicted octanol–water partition coefficient (Wildman–Crippen LogP) is 4.25. The van der Waals surface area contributed by atoms with Crippen LogP contribution in [0.2, 0.25) is 0 Å². The van der Waals surface area contributed by atoms with E-state index in [0.717, 1.165) is 17.0 Å². The van der Waals surface area contributed by atoms with Crippen molar-refractivity contribution >= 4 is 35.8 Å². The summed E-state index contributed by atoms with van der Waals surface area (Å²) < 4.78 is 0. The molecule has 124 valence electrons. The molecule has 0 heterocycles. The van der Waals surface area contributed by atoms with Gasteiger partial charge in [-0.2, -0.15) is 11.8 Å². The summed E-state index contributed by atoms with van der Waals surface area (Å²) in [6.07, 6.45) is 2.07. The lowest BCUT2D eigenvalue weighted by molar-refractivity contribution is -0.120. The number of rotatable bonds is 6. The lowest BCUT2D eigenvalue weighted by Gasteiger charge is -2.20. The fraction of sp³-hybridized carbons (Fsp3) is 0.278. The molecule has 23 heavy (non-hydrogen) atoms. The molecule has 0 fully saturated rings. The van der Waals surface area contributed by atoms with Gasteiger partial charge in [-0.25, -0.2) is 0 Å². The van der Waals surface area contributed by atoms with Gasteiger partial charge in [0.15, 0.2) is 0 Å². The second kappa shape index (κ2) is 9.60. The third kappa shape index (κ3) is 5.57. The topological polar surface area (TPSA) is 55.1 Å². The van der Waals surface area contributed by atoms with E-state index in [2.05, 4.69) is 11.6 Å². The van der Waals surface area contributed by atoms with Crippen LogP contribution in [0, 0.1) is 5.92 Å². The van der Waals surface area contributed by atoms with Crippen LogP contribution in [0.1, 0.15) is 24.1 Å². The van der Waals surface area contributed by atoms with Crippen LogP contribution in [0.5, 0.6) is 0 Å². The lowest BCUT2D eigenvalue weighted by Crippen LogP contribution is -2.30. The molecule has 0 aliphatic heterocycles.